The molecule has 116 valence electrons. The first-order valence-electron chi connectivity index (χ1n) is 7.36. The summed E-state index contributed by atoms with van der Waals surface area (Å²) < 4.78 is 0. The third-order valence-corrected chi connectivity index (χ3v) is 3.86. The molecule has 1 aromatic rings. The number of hydrogen-bond donors (Lipinski definition) is 4. The number of hydrogen-bond acceptors (Lipinski definition) is 3. The molecule has 7 heteroatoms. The van der Waals surface area contributed by atoms with Gasteiger partial charge in [-0.1, -0.05) is 12.8 Å². The molecule has 0 atom stereocenters. The summed E-state index contributed by atoms with van der Waals surface area (Å²) in [7, 11) is 0. The Morgan fingerprint density at radius 1 is 1.38 bits per heavy atom. The fourth-order valence-electron chi connectivity index (χ4n) is 2.86. The van der Waals surface area contributed by atoms with E-state index in [1.54, 1.807) is 12.4 Å². The molecule has 1 aliphatic carbocycles. The molecule has 1 heterocycles. The minimum absolute atomic E-state index is 0.00713. The molecule has 1 aromatic heterocycles. The van der Waals surface area contributed by atoms with Gasteiger partial charge in [0, 0.05) is 25.4 Å². The number of nitrogens with one attached hydrogen (secondary N) is 3. The minimum Gasteiger partial charge on any atom is -0.481 e. The van der Waals surface area contributed by atoms with Gasteiger partial charge in [0.25, 0.3) is 0 Å². The van der Waals surface area contributed by atoms with Gasteiger partial charge >= 0.3 is 12.0 Å². The topological polar surface area (TPSA) is 107 Å². The van der Waals surface area contributed by atoms with Gasteiger partial charge in [-0.2, -0.15) is 0 Å². The molecule has 4 N–H and O–H groups in total. The van der Waals surface area contributed by atoms with Crippen molar-refractivity contribution in [3.63, 3.8) is 0 Å². The fourth-order valence-corrected chi connectivity index (χ4v) is 2.86. The molecule has 7 nitrogen and oxygen atoms in total. The van der Waals surface area contributed by atoms with Gasteiger partial charge in [0.15, 0.2) is 0 Å². The molecule has 1 saturated carbocycles. The van der Waals surface area contributed by atoms with E-state index in [1.165, 1.54) is 0 Å². The maximum atomic E-state index is 11.9. The van der Waals surface area contributed by atoms with Gasteiger partial charge in [-0.15, -0.1) is 0 Å². The summed E-state index contributed by atoms with van der Waals surface area (Å²) in [4.78, 5) is 30.0. The zero-order valence-electron chi connectivity index (χ0n) is 12.0. The van der Waals surface area contributed by atoms with Crippen molar-refractivity contribution in [1.29, 1.82) is 0 Å². The average Bonchev–Trinajstić information content (AvgIpc) is 3.06. The quantitative estimate of drug-likeness (QED) is 0.570. The monoisotopic (exact) mass is 294 g/mol. The molecule has 0 bridgehead atoms. The molecule has 1 fully saturated rings. The largest absolute Gasteiger partial charge is 0.481 e. The van der Waals surface area contributed by atoms with Crippen LogP contribution in [0.15, 0.2) is 12.4 Å². The lowest BCUT2D eigenvalue weighted by molar-refractivity contribution is -0.138. The van der Waals surface area contributed by atoms with Gasteiger partial charge < -0.3 is 20.7 Å². The normalized spacial score (nSPS) is 16.6. The second-order valence-electron chi connectivity index (χ2n) is 5.58. The van der Waals surface area contributed by atoms with Gasteiger partial charge in [0.1, 0.15) is 5.82 Å². The van der Waals surface area contributed by atoms with Crippen molar-refractivity contribution in [3.8, 4) is 0 Å². The average molecular weight is 294 g/mol. The number of aryl methyl sites for hydroxylation is 1. The number of carbonyl (C=O) groups excluding carboxylic acids is 1. The van der Waals surface area contributed by atoms with Crippen LogP contribution in [0.25, 0.3) is 0 Å². The molecule has 0 saturated heterocycles. The molecule has 2 amide bonds. The Labute approximate surface area is 123 Å². The molecule has 0 aliphatic heterocycles. The predicted molar refractivity (Wildman–Crippen MR) is 76.9 cm³/mol. The van der Waals surface area contributed by atoms with Gasteiger partial charge in [-0.3, -0.25) is 4.79 Å². The third-order valence-electron chi connectivity index (χ3n) is 3.86. The van der Waals surface area contributed by atoms with Crippen LogP contribution in [-0.2, 0) is 11.2 Å². The lowest BCUT2D eigenvalue weighted by atomic mass is 9.93. The number of carboxylic acids is 1. The summed E-state index contributed by atoms with van der Waals surface area (Å²) >= 11 is 0. The van der Waals surface area contributed by atoms with E-state index in [2.05, 4.69) is 20.6 Å². The minimum atomic E-state index is -0.866. The second-order valence-corrected chi connectivity index (χ2v) is 5.58. The Bertz CT molecular complexity index is 467. The van der Waals surface area contributed by atoms with Crippen LogP contribution in [0.3, 0.4) is 0 Å². The number of carboxylic acid groups (broad SMARTS) is 1. The van der Waals surface area contributed by atoms with Gasteiger partial charge in [-0.05, 0) is 19.3 Å². The standard InChI is InChI=1S/C14H22N4O3/c19-12(20)10-14(5-1-2-6-14)18-13(21)17-7-3-4-11-15-8-9-16-11/h8-9H,1-7,10H2,(H,15,16)(H,19,20)(H2,17,18,21). The fraction of sp³-hybridized carbons (Fsp3) is 0.643. The Hall–Kier alpha value is -2.05. The van der Waals surface area contributed by atoms with Crippen LogP contribution in [0.4, 0.5) is 4.79 Å². The molecule has 0 spiro atoms. The highest BCUT2D eigenvalue weighted by atomic mass is 16.4. The number of nitrogens with zero attached hydrogens (tertiary/aromatic N) is 1. The summed E-state index contributed by atoms with van der Waals surface area (Å²) in [5.74, 6) is 0.0327. The first kappa shape index (κ1) is 15.3. The number of aromatic amines is 1. The smallest absolute Gasteiger partial charge is 0.315 e. The zero-order valence-corrected chi connectivity index (χ0v) is 12.0. The third kappa shape index (κ3) is 4.77. The predicted octanol–water partition coefficient (Wildman–Crippen LogP) is 1.43. The lowest BCUT2D eigenvalue weighted by Gasteiger charge is -2.28. The van der Waals surface area contributed by atoms with E-state index in [9.17, 15) is 9.59 Å². The Morgan fingerprint density at radius 2 is 2.14 bits per heavy atom. The van der Waals surface area contributed by atoms with Crippen LogP contribution >= 0.6 is 0 Å². The first-order valence-corrected chi connectivity index (χ1v) is 7.36. The molecule has 1 aliphatic rings. The van der Waals surface area contributed by atoms with E-state index in [0.717, 1.165) is 44.3 Å². The van der Waals surface area contributed by atoms with Gasteiger partial charge in [-0.25, -0.2) is 9.78 Å². The van der Waals surface area contributed by atoms with Crippen molar-refractivity contribution in [2.45, 2.75) is 50.5 Å². The summed E-state index contributed by atoms with van der Waals surface area (Å²) in [5.41, 5.74) is -0.572. The van der Waals surface area contributed by atoms with E-state index in [-0.39, 0.29) is 12.5 Å². The van der Waals surface area contributed by atoms with Crippen molar-refractivity contribution in [1.82, 2.24) is 20.6 Å². The molecule has 21 heavy (non-hydrogen) atoms. The molecule has 0 radical (unpaired) electrons. The number of aliphatic carboxylic acids is 1. The number of rotatable bonds is 7. The Kier molecular flexibility index (Phi) is 5.19. The van der Waals surface area contributed by atoms with Crippen LogP contribution in [0, 0.1) is 0 Å². The van der Waals surface area contributed by atoms with E-state index in [1.807, 2.05) is 0 Å². The highest BCUT2D eigenvalue weighted by Gasteiger charge is 2.37. The Balaban J connectivity index is 1.71. The highest BCUT2D eigenvalue weighted by molar-refractivity contribution is 5.76. The number of H-pyrrole nitrogens is 1. The molecule has 2 rings (SSSR count). The van der Waals surface area contributed by atoms with Crippen molar-refractivity contribution in [2.24, 2.45) is 0 Å². The van der Waals surface area contributed by atoms with Crippen LogP contribution in [0.2, 0.25) is 0 Å². The Morgan fingerprint density at radius 3 is 2.76 bits per heavy atom. The van der Waals surface area contributed by atoms with Crippen molar-refractivity contribution < 1.29 is 14.7 Å². The van der Waals surface area contributed by atoms with Gasteiger partial charge in [0.2, 0.25) is 0 Å². The van der Waals surface area contributed by atoms with E-state index >= 15 is 0 Å². The van der Waals surface area contributed by atoms with Crippen LogP contribution in [0.5, 0.6) is 0 Å². The maximum Gasteiger partial charge on any atom is 0.315 e. The molecular weight excluding hydrogens is 272 g/mol. The number of carbonyl (C=O) groups is 2. The van der Waals surface area contributed by atoms with E-state index in [0.29, 0.717) is 6.54 Å². The van der Waals surface area contributed by atoms with E-state index < -0.39 is 11.5 Å². The second kappa shape index (κ2) is 7.10. The maximum absolute atomic E-state index is 11.9. The van der Waals surface area contributed by atoms with Crippen LogP contribution in [-0.4, -0.2) is 39.2 Å². The summed E-state index contributed by atoms with van der Waals surface area (Å²) in [6.45, 7) is 0.537. The molecule has 0 unspecified atom stereocenters. The summed E-state index contributed by atoms with van der Waals surface area (Å²) in [6.07, 6.45) is 8.42. The van der Waals surface area contributed by atoms with E-state index in [4.69, 9.17) is 5.11 Å². The summed E-state index contributed by atoms with van der Waals surface area (Å²) in [5, 5.41) is 14.6. The first-order chi connectivity index (χ1) is 10.1. The van der Waals surface area contributed by atoms with Crippen molar-refractivity contribution in [3.05, 3.63) is 18.2 Å². The van der Waals surface area contributed by atoms with Crippen LogP contribution < -0.4 is 10.6 Å². The number of aromatic nitrogens is 2. The number of imidazole rings is 1. The number of amides is 2. The van der Waals surface area contributed by atoms with Gasteiger partial charge in [0.05, 0.1) is 12.0 Å². The van der Waals surface area contributed by atoms with Crippen LogP contribution in [0.1, 0.15) is 44.3 Å². The molecule has 0 aromatic carbocycles. The lowest BCUT2D eigenvalue weighted by Crippen LogP contribution is -2.51. The summed E-state index contributed by atoms with van der Waals surface area (Å²) in [6, 6.07) is -0.280. The number of urea groups is 1. The van der Waals surface area contributed by atoms with Crippen molar-refractivity contribution >= 4 is 12.0 Å². The highest BCUT2D eigenvalue weighted by Crippen LogP contribution is 2.32. The SMILES string of the molecule is O=C(O)CC1(NC(=O)NCCCc2ncc[nH]2)CCCC1. The molecular formula is C14H22N4O3. The van der Waals surface area contributed by atoms with Crippen molar-refractivity contribution in [2.75, 3.05) is 6.54 Å². The zero-order chi connectivity index (χ0) is 15.1.